The number of aromatic carboxylic acids is 1. The largest absolute Gasteiger partial charge is 0.476 e. The third-order valence-corrected chi connectivity index (χ3v) is 2.33. The van der Waals surface area contributed by atoms with Gasteiger partial charge in [-0.2, -0.15) is 0 Å². The molecule has 0 bridgehead atoms. The van der Waals surface area contributed by atoms with E-state index in [0.717, 1.165) is 10.0 Å². The number of carbonyl (C=O) groups is 1. The zero-order valence-electron chi connectivity index (χ0n) is 7.48. The van der Waals surface area contributed by atoms with Gasteiger partial charge in [0.1, 0.15) is 0 Å². The van der Waals surface area contributed by atoms with Gasteiger partial charge in [0.15, 0.2) is 11.5 Å². The van der Waals surface area contributed by atoms with Crippen LogP contribution >= 0.6 is 15.9 Å². The normalized spacial score (nSPS) is 10.2. The molecule has 0 aliphatic heterocycles. The van der Waals surface area contributed by atoms with Crippen LogP contribution in [0.2, 0.25) is 0 Å². The van der Waals surface area contributed by atoms with Crippen molar-refractivity contribution in [3.63, 3.8) is 0 Å². The monoisotopic (exact) mass is 267 g/mol. The fourth-order valence-corrected chi connectivity index (χ4v) is 1.55. The van der Waals surface area contributed by atoms with Crippen molar-refractivity contribution >= 4 is 21.9 Å². The Bertz CT molecular complexity index is 507. The van der Waals surface area contributed by atoms with Gasteiger partial charge >= 0.3 is 5.97 Å². The molecule has 1 aromatic carbocycles. The Balaban J connectivity index is 2.41. The molecule has 0 unspecified atom stereocenters. The molecule has 0 atom stereocenters. The number of rotatable bonds is 2. The molecule has 1 aromatic heterocycles. The first-order valence-corrected chi connectivity index (χ1v) is 4.92. The van der Waals surface area contributed by atoms with Gasteiger partial charge in [-0.15, -0.1) is 0 Å². The van der Waals surface area contributed by atoms with Crippen LogP contribution in [0.5, 0.6) is 0 Å². The van der Waals surface area contributed by atoms with Gasteiger partial charge in [0, 0.05) is 16.1 Å². The Hall–Kier alpha value is -1.62. The van der Waals surface area contributed by atoms with Crippen LogP contribution in [0.3, 0.4) is 0 Å². The first kappa shape index (κ1) is 9.92. The maximum absolute atomic E-state index is 10.6. The molecule has 0 aliphatic rings. The van der Waals surface area contributed by atoms with Crippen molar-refractivity contribution < 1.29 is 14.4 Å². The highest BCUT2D eigenvalue weighted by atomic mass is 79.9. The summed E-state index contributed by atoms with van der Waals surface area (Å²) in [7, 11) is 0. The van der Waals surface area contributed by atoms with Gasteiger partial charge in [-0.05, 0) is 12.1 Å². The first-order chi connectivity index (χ1) is 7.16. The first-order valence-electron chi connectivity index (χ1n) is 4.13. The van der Waals surface area contributed by atoms with E-state index in [2.05, 4.69) is 21.1 Å². The minimum Gasteiger partial charge on any atom is -0.476 e. The van der Waals surface area contributed by atoms with Crippen molar-refractivity contribution in [1.29, 1.82) is 0 Å². The molecule has 0 radical (unpaired) electrons. The number of halogens is 1. The van der Waals surface area contributed by atoms with Gasteiger partial charge < -0.3 is 9.63 Å². The molecular weight excluding hydrogens is 262 g/mol. The average Bonchev–Trinajstić information content (AvgIpc) is 2.66. The predicted molar refractivity (Wildman–Crippen MR) is 56.6 cm³/mol. The Kier molecular flexibility index (Phi) is 2.55. The number of aromatic nitrogens is 1. The summed E-state index contributed by atoms with van der Waals surface area (Å²) in [6.45, 7) is 0. The molecule has 1 heterocycles. The van der Waals surface area contributed by atoms with E-state index in [4.69, 9.17) is 9.63 Å². The van der Waals surface area contributed by atoms with Gasteiger partial charge in [-0.25, -0.2) is 4.79 Å². The van der Waals surface area contributed by atoms with Crippen LogP contribution in [0.1, 0.15) is 10.5 Å². The van der Waals surface area contributed by atoms with Crippen LogP contribution in [0.25, 0.3) is 11.3 Å². The Morgan fingerprint density at radius 3 is 2.80 bits per heavy atom. The third-order valence-electron chi connectivity index (χ3n) is 1.84. The fraction of sp³-hybridized carbons (Fsp3) is 0. The number of benzene rings is 1. The highest BCUT2D eigenvalue weighted by Crippen LogP contribution is 2.23. The zero-order chi connectivity index (χ0) is 10.8. The number of carboxylic acid groups (broad SMARTS) is 1. The summed E-state index contributed by atoms with van der Waals surface area (Å²) in [5.41, 5.74) is 0.689. The smallest absolute Gasteiger partial charge is 0.358 e. The van der Waals surface area contributed by atoms with E-state index in [1.807, 2.05) is 24.3 Å². The zero-order valence-corrected chi connectivity index (χ0v) is 9.06. The second-order valence-corrected chi connectivity index (χ2v) is 3.81. The van der Waals surface area contributed by atoms with Crippen LogP contribution < -0.4 is 0 Å². The molecule has 1 N–H and O–H groups in total. The van der Waals surface area contributed by atoms with E-state index >= 15 is 0 Å². The minimum absolute atomic E-state index is 0.0926. The molecule has 5 heteroatoms. The van der Waals surface area contributed by atoms with E-state index in [9.17, 15) is 4.79 Å². The molecule has 76 valence electrons. The lowest BCUT2D eigenvalue weighted by molar-refractivity contribution is 0.0686. The lowest BCUT2D eigenvalue weighted by Gasteiger charge is -1.94. The molecule has 0 amide bonds. The fourth-order valence-electron chi connectivity index (χ4n) is 1.15. The van der Waals surface area contributed by atoms with E-state index in [1.165, 1.54) is 6.07 Å². The van der Waals surface area contributed by atoms with Gasteiger partial charge in [0.25, 0.3) is 0 Å². The van der Waals surface area contributed by atoms with Crippen molar-refractivity contribution in [2.75, 3.05) is 0 Å². The van der Waals surface area contributed by atoms with E-state index < -0.39 is 5.97 Å². The summed E-state index contributed by atoms with van der Waals surface area (Å²) in [6.07, 6.45) is 0. The van der Waals surface area contributed by atoms with Crippen molar-refractivity contribution in [2.24, 2.45) is 0 Å². The van der Waals surface area contributed by atoms with Crippen LogP contribution in [0.4, 0.5) is 0 Å². The molecule has 0 saturated carbocycles. The molecule has 2 rings (SSSR count). The molecule has 2 aromatic rings. The average molecular weight is 268 g/mol. The quantitative estimate of drug-likeness (QED) is 0.909. The molecular formula is C10H6BrNO3. The maximum atomic E-state index is 10.6. The summed E-state index contributed by atoms with van der Waals surface area (Å²) in [4.78, 5) is 10.6. The Morgan fingerprint density at radius 2 is 2.20 bits per heavy atom. The van der Waals surface area contributed by atoms with Gasteiger partial charge in [-0.3, -0.25) is 0 Å². The molecule has 4 nitrogen and oxygen atoms in total. The number of carboxylic acids is 1. The van der Waals surface area contributed by atoms with Crippen molar-refractivity contribution in [1.82, 2.24) is 5.16 Å². The Morgan fingerprint density at radius 1 is 1.40 bits per heavy atom. The topological polar surface area (TPSA) is 63.3 Å². The molecule has 0 spiro atoms. The summed E-state index contributed by atoms with van der Waals surface area (Å²) in [5, 5.41) is 12.1. The third kappa shape index (κ3) is 2.07. The molecule has 0 aliphatic carbocycles. The summed E-state index contributed by atoms with van der Waals surface area (Å²) in [5.74, 6) is -0.659. The van der Waals surface area contributed by atoms with Crippen LogP contribution in [-0.2, 0) is 0 Å². The Labute approximate surface area is 93.6 Å². The highest BCUT2D eigenvalue weighted by Gasteiger charge is 2.11. The summed E-state index contributed by atoms with van der Waals surface area (Å²) >= 11 is 3.32. The summed E-state index contributed by atoms with van der Waals surface area (Å²) in [6, 6.07) is 8.74. The van der Waals surface area contributed by atoms with Gasteiger partial charge in [0.2, 0.25) is 0 Å². The van der Waals surface area contributed by atoms with Crippen molar-refractivity contribution in [2.45, 2.75) is 0 Å². The van der Waals surface area contributed by atoms with Crippen LogP contribution in [-0.4, -0.2) is 16.2 Å². The lowest BCUT2D eigenvalue weighted by Crippen LogP contribution is -1.94. The maximum Gasteiger partial charge on any atom is 0.358 e. The number of hydrogen-bond acceptors (Lipinski definition) is 3. The SMILES string of the molecule is O=C(O)c1cc(-c2cccc(Br)c2)on1. The van der Waals surface area contributed by atoms with E-state index in [1.54, 1.807) is 0 Å². The minimum atomic E-state index is -1.10. The lowest BCUT2D eigenvalue weighted by atomic mass is 10.2. The predicted octanol–water partition coefficient (Wildman–Crippen LogP) is 2.80. The van der Waals surface area contributed by atoms with Crippen molar-refractivity contribution in [3.05, 3.63) is 40.5 Å². The number of nitrogens with zero attached hydrogens (tertiary/aromatic N) is 1. The molecule has 0 fully saturated rings. The van der Waals surface area contributed by atoms with E-state index in [0.29, 0.717) is 5.76 Å². The van der Waals surface area contributed by atoms with Crippen LogP contribution in [0.15, 0.2) is 39.3 Å². The van der Waals surface area contributed by atoms with Gasteiger partial charge in [-0.1, -0.05) is 33.2 Å². The van der Waals surface area contributed by atoms with Crippen LogP contribution in [0, 0.1) is 0 Å². The van der Waals surface area contributed by atoms with E-state index in [-0.39, 0.29) is 5.69 Å². The number of hydrogen-bond donors (Lipinski definition) is 1. The standard InChI is InChI=1S/C10H6BrNO3/c11-7-3-1-2-6(4-7)9-5-8(10(13)14)12-15-9/h1-5H,(H,13,14). The van der Waals surface area contributed by atoms with Crippen molar-refractivity contribution in [3.8, 4) is 11.3 Å². The summed E-state index contributed by atoms with van der Waals surface area (Å²) < 4.78 is 5.81. The highest BCUT2D eigenvalue weighted by molar-refractivity contribution is 9.10. The second-order valence-electron chi connectivity index (χ2n) is 2.89. The molecule has 15 heavy (non-hydrogen) atoms. The second kappa shape index (κ2) is 3.86. The molecule has 0 saturated heterocycles. The van der Waals surface area contributed by atoms with Gasteiger partial charge in [0.05, 0.1) is 0 Å².